The second-order valence-electron chi connectivity index (χ2n) is 7.14. The van der Waals surface area contributed by atoms with Crippen LogP contribution in [0.1, 0.15) is 50.5 Å². The molecule has 0 aliphatic heterocycles. The molecule has 22 heavy (non-hydrogen) atoms. The van der Waals surface area contributed by atoms with Crippen LogP contribution < -0.4 is 5.32 Å². The van der Waals surface area contributed by atoms with Crippen molar-refractivity contribution in [2.75, 3.05) is 0 Å². The average Bonchev–Trinajstić information content (AvgIpc) is 3.07. The molecule has 2 aromatic heterocycles. The maximum absolute atomic E-state index is 12.3. The third-order valence-electron chi connectivity index (χ3n) is 4.23. The monoisotopic (exact) mass is 302 g/mol. The van der Waals surface area contributed by atoms with Gasteiger partial charge in [-0.1, -0.05) is 25.9 Å². The van der Waals surface area contributed by atoms with E-state index in [9.17, 15) is 4.79 Å². The summed E-state index contributed by atoms with van der Waals surface area (Å²) in [6.45, 7) is 6.75. The SMILES string of the molecule is C[C@H]1C[C@@H](NC(=O)c2cc(-c3ccco3)on2)CC(C)(C)C1. The van der Waals surface area contributed by atoms with Gasteiger partial charge in [0.15, 0.2) is 11.5 Å². The fraction of sp³-hybridized carbons (Fsp3) is 0.529. The van der Waals surface area contributed by atoms with E-state index in [-0.39, 0.29) is 17.4 Å². The highest BCUT2D eigenvalue weighted by atomic mass is 16.5. The van der Waals surface area contributed by atoms with Gasteiger partial charge in [-0.05, 0) is 42.7 Å². The number of hydrogen-bond donors (Lipinski definition) is 1. The van der Waals surface area contributed by atoms with Gasteiger partial charge in [-0.25, -0.2) is 0 Å². The zero-order chi connectivity index (χ0) is 15.7. The van der Waals surface area contributed by atoms with Gasteiger partial charge >= 0.3 is 0 Å². The molecule has 1 fully saturated rings. The molecular formula is C17H22N2O3. The zero-order valence-electron chi connectivity index (χ0n) is 13.3. The van der Waals surface area contributed by atoms with E-state index >= 15 is 0 Å². The second-order valence-corrected chi connectivity index (χ2v) is 7.14. The van der Waals surface area contributed by atoms with Gasteiger partial charge in [-0.2, -0.15) is 0 Å². The Morgan fingerprint density at radius 3 is 2.86 bits per heavy atom. The highest BCUT2D eigenvalue weighted by Gasteiger charge is 2.33. The molecule has 5 nitrogen and oxygen atoms in total. The molecular weight excluding hydrogens is 280 g/mol. The standard InChI is InChI=1S/C17H22N2O3/c1-11-7-12(10-17(2,3)9-11)18-16(20)13-8-15(22-19-13)14-5-4-6-21-14/h4-6,8,11-12H,7,9-10H2,1-3H3,(H,18,20)/t11-,12+/m0/s1. The fourth-order valence-corrected chi connectivity index (χ4v) is 3.63. The van der Waals surface area contributed by atoms with Crippen LogP contribution in [0, 0.1) is 11.3 Å². The van der Waals surface area contributed by atoms with E-state index in [1.54, 1.807) is 24.5 Å². The molecule has 0 bridgehead atoms. The minimum Gasteiger partial charge on any atom is -0.461 e. The maximum Gasteiger partial charge on any atom is 0.273 e. The van der Waals surface area contributed by atoms with E-state index < -0.39 is 0 Å². The van der Waals surface area contributed by atoms with Crippen LogP contribution in [0.5, 0.6) is 0 Å². The van der Waals surface area contributed by atoms with Gasteiger partial charge < -0.3 is 14.3 Å². The number of hydrogen-bond acceptors (Lipinski definition) is 4. The lowest BCUT2D eigenvalue weighted by molar-refractivity contribution is 0.0865. The predicted octanol–water partition coefficient (Wildman–Crippen LogP) is 3.88. The topological polar surface area (TPSA) is 68.3 Å². The number of rotatable bonds is 3. The normalized spacial score (nSPS) is 24.1. The lowest BCUT2D eigenvalue weighted by atomic mass is 9.70. The first-order valence-electron chi connectivity index (χ1n) is 7.74. The summed E-state index contributed by atoms with van der Waals surface area (Å²) < 4.78 is 10.4. The summed E-state index contributed by atoms with van der Waals surface area (Å²) in [5, 5.41) is 6.93. The first kappa shape index (κ1) is 14.9. The molecule has 1 amide bonds. The lowest BCUT2D eigenvalue weighted by Crippen LogP contribution is -2.43. The Morgan fingerprint density at radius 1 is 1.36 bits per heavy atom. The number of carbonyl (C=O) groups excluding carboxylic acids is 1. The van der Waals surface area contributed by atoms with E-state index in [1.807, 2.05) is 0 Å². The molecule has 0 spiro atoms. The summed E-state index contributed by atoms with van der Waals surface area (Å²) >= 11 is 0. The van der Waals surface area contributed by atoms with Crippen LogP contribution in [0.4, 0.5) is 0 Å². The van der Waals surface area contributed by atoms with E-state index in [0.717, 1.165) is 12.8 Å². The van der Waals surface area contributed by atoms with Crippen LogP contribution >= 0.6 is 0 Å². The molecule has 0 saturated heterocycles. The van der Waals surface area contributed by atoms with Crippen molar-refractivity contribution in [2.24, 2.45) is 11.3 Å². The summed E-state index contributed by atoms with van der Waals surface area (Å²) in [4.78, 5) is 12.3. The smallest absolute Gasteiger partial charge is 0.273 e. The quantitative estimate of drug-likeness (QED) is 0.934. The molecule has 5 heteroatoms. The number of amides is 1. The van der Waals surface area contributed by atoms with Crippen molar-refractivity contribution in [3.8, 4) is 11.5 Å². The first-order valence-corrected chi connectivity index (χ1v) is 7.74. The molecule has 3 rings (SSSR count). The van der Waals surface area contributed by atoms with Crippen molar-refractivity contribution in [2.45, 2.75) is 46.1 Å². The number of nitrogens with zero attached hydrogens (tertiary/aromatic N) is 1. The van der Waals surface area contributed by atoms with E-state index in [0.29, 0.717) is 23.1 Å². The van der Waals surface area contributed by atoms with Gasteiger partial charge in [0.2, 0.25) is 5.76 Å². The molecule has 118 valence electrons. The Hall–Kier alpha value is -2.04. The van der Waals surface area contributed by atoms with Crippen LogP contribution in [-0.4, -0.2) is 17.1 Å². The first-order chi connectivity index (χ1) is 10.4. The molecule has 0 aromatic carbocycles. The van der Waals surface area contributed by atoms with Crippen molar-refractivity contribution < 1.29 is 13.7 Å². The van der Waals surface area contributed by atoms with Gasteiger partial charge in [-0.15, -0.1) is 0 Å². The molecule has 1 N–H and O–H groups in total. The second kappa shape index (κ2) is 5.63. The minimum atomic E-state index is -0.184. The van der Waals surface area contributed by atoms with Gasteiger partial charge in [0.25, 0.3) is 5.91 Å². The van der Waals surface area contributed by atoms with Crippen molar-refractivity contribution in [1.29, 1.82) is 0 Å². The predicted molar refractivity (Wildman–Crippen MR) is 82.3 cm³/mol. The molecule has 1 aliphatic rings. The van der Waals surface area contributed by atoms with Gasteiger partial charge in [0.05, 0.1) is 6.26 Å². The summed E-state index contributed by atoms with van der Waals surface area (Å²) in [5.74, 6) is 1.47. The molecule has 2 atom stereocenters. The Labute approximate surface area is 130 Å². The van der Waals surface area contributed by atoms with Crippen molar-refractivity contribution in [1.82, 2.24) is 10.5 Å². The maximum atomic E-state index is 12.3. The minimum absolute atomic E-state index is 0.184. The fourth-order valence-electron chi connectivity index (χ4n) is 3.63. The molecule has 1 aliphatic carbocycles. The number of nitrogens with one attached hydrogen (secondary N) is 1. The molecule has 1 saturated carbocycles. The molecule has 0 radical (unpaired) electrons. The molecule has 2 heterocycles. The Bertz CT molecular complexity index is 643. The summed E-state index contributed by atoms with van der Waals surface area (Å²) in [5.41, 5.74) is 0.557. The lowest BCUT2D eigenvalue weighted by Gasteiger charge is -2.39. The number of carbonyl (C=O) groups is 1. The molecule has 0 unspecified atom stereocenters. The van der Waals surface area contributed by atoms with E-state index in [4.69, 9.17) is 8.94 Å². The van der Waals surface area contributed by atoms with Crippen molar-refractivity contribution in [3.63, 3.8) is 0 Å². The third-order valence-corrected chi connectivity index (χ3v) is 4.23. The zero-order valence-corrected chi connectivity index (χ0v) is 13.3. The van der Waals surface area contributed by atoms with Gasteiger partial charge in [0, 0.05) is 12.1 Å². The van der Waals surface area contributed by atoms with E-state index in [2.05, 4.69) is 31.2 Å². The van der Waals surface area contributed by atoms with Crippen LogP contribution in [0.3, 0.4) is 0 Å². The van der Waals surface area contributed by atoms with Gasteiger partial charge in [0.1, 0.15) is 0 Å². The largest absolute Gasteiger partial charge is 0.461 e. The van der Waals surface area contributed by atoms with Crippen LogP contribution in [0.2, 0.25) is 0 Å². The average molecular weight is 302 g/mol. The third kappa shape index (κ3) is 3.24. The van der Waals surface area contributed by atoms with Crippen molar-refractivity contribution in [3.05, 3.63) is 30.2 Å². The van der Waals surface area contributed by atoms with Crippen LogP contribution in [0.25, 0.3) is 11.5 Å². The summed E-state index contributed by atoms with van der Waals surface area (Å²) in [6, 6.07) is 5.34. The molecule has 2 aromatic rings. The van der Waals surface area contributed by atoms with Crippen LogP contribution in [-0.2, 0) is 0 Å². The number of aromatic nitrogens is 1. The highest BCUT2D eigenvalue weighted by molar-refractivity contribution is 5.93. The Morgan fingerprint density at radius 2 is 2.18 bits per heavy atom. The Kier molecular flexibility index (Phi) is 3.81. The Balaban J connectivity index is 1.67. The van der Waals surface area contributed by atoms with Gasteiger partial charge in [-0.3, -0.25) is 4.79 Å². The summed E-state index contributed by atoms with van der Waals surface area (Å²) in [7, 11) is 0. The highest BCUT2D eigenvalue weighted by Crippen LogP contribution is 2.38. The van der Waals surface area contributed by atoms with Crippen molar-refractivity contribution >= 4 is 5.91 Å². The van der Waals surface area contributed by atoms with Crippen LogP contribution in [0.15, 0.2) is 33.4 Å². The van der Waals surface area contributed by atoms with E-state index in [1.165, 1.54) is 6.42 Å². The summed E-state index contributed by atoms with van der Waals surface area (Å²) in [6.07, 6.45) is 4.76. The number of furan rings is 1.